The molecule has 0 aliphatic carbocycles. The normalized spacial score (nSPS) is 12.4. The summed E-state index contributed by atoms with van der Waals surface area (Å²) in [5.41, 5.74) is 2.40. The Morgan fingerprint density at radius 2 is 1.66 bits per heavy atom. The third-order valence-corrected chi connectivity index (χ3v) is 6.85. The lowest BCUT2D eigenvalue weighted by Gasteiger charge is -2.14. The largest absolute Gasteiger partial charge is 1.00 e. The summed E-state index contributed by atoms with van der Waals surface area (Å²) >= 11 is 8.13. The molecule has 4 nitrogen and oxygen atoms in total. The summed E-state index contributed by atoms with van der Waals surface area (Å²) in [6.45, 7) is 2.54. The Labute approximate surface area is 220 Å². The lowest BCUT2D eigenvalue weighted by Crippen LogP contribution is -3.00. The number of anilines is 1. The summed E-state index contributed by atoms with van der Waals surface area (Å²) in [5.74, 6) is -0.194. The van der Waals surface area contributed by atoms with Crippen LogP contribution in [0.5, 0.6) is 5.75 Å². The van der Waals surface area contributed by atoms with Crippen LogP contribution in [-0.4, -0.2) is 32.9 Å². The fraction of sp³-hybridized carbons (Fsp3) is 0.167. The van der Waals surface area contributed by atoms with Crippen LogP contribution in [0.2, 0.25) is 0 Å². The molecule has 0 amide bonds. The van der Waals surface area contributed by atoms with E-state index in [0.717, 1.165) is 15.3 Å². The molecule has 0 saturated carbocycles. The van der Waals surface area contributed by atoms with Crippen molar-refractivity contribution < 1.29 is 31.5 Å². The number of hydrogen-bond acceptors (Lipinski definition) is 3. The standard InChI is InChI=1S/C24H22Br2N2O2S.BrH/c1-16(22(29)20-13-18(25)14-21(26)23(20)30)31-24(27-19-11-7-4-8-12-19)28(2)15-17-9-5-3-6-10-17;/h3-14,16H,15H2,1-2H3,(H,29,30);1H. The molecule has 3 aromatic carbocycles. The van der Waals surface area contributed by atoms with Crippen LogP contribution in [0.25, 0.3) is 0 Å². The Hall–Kier alpha value is -1.61. The Kier molecular flexibility index (Phi) is 10.5. The number of thioether (sulfide) groups is 1. The van der Waals surface area contributed by atoms with E-state index >= 15 is 0 Å². The van der Waals surface area contributed by atoms with Gasteiger partial charge in [-0.1, -0.05) is 64.5 Å². The smallest absolute Gasteiger partial charge is 0.312 e. The lowest BCUT2D eigenvalue weighted by molar-refractivity contribution is -0.511. The molecule has 0 saturated heterocycles. The number of ketones is 1. The van der Waals surface area contributed by atoms with Gasteiger partial charge in [-0.25, -0.2) is 5.32 Å². The topological polar surface area (TPSA) is 52.3 Å². The molecule has 0 fully saturated rings. The van der Waals surface area contributed by atoms with Gasteiger partial charge in [0.25, 0.3) is 0 Å². The number of Topliss-reactive ketones (excluding diaryl/α,β-unsaturated/α-hetero) is 1. The average Bonchev–Trinajstić information content (AvgIpc) is 2.76. The number of para-hydroxylation sites is 1. The number of nitrogens with one attached hydrogen (secondary N) is 1. The summed E-state index contributed by atoms with van der Waals surface area (Å²) < 4.78 is 3.30. The number of phenolic OH excluding ortho intramolecular Hbond substituents is 1. The minimum absolute atomic E-state index is 0. The van der Waals surface area contributed by atoms with Crippen molar-refractivity contribution in [3.63, 3.8) is 0 Å². The van der Waals surface area contributed by atoms with Crippen molar-refractivity contribution >= 4 is 60.3 Å². The van der Waals surface area contributed by atoms with Crippen LogP contribution in [0, 0.1) is 0 Å². The van der Waals surface area contributed by atoms with E-state index in [1.54, 1.807) is 12.1 Å². The fourth-order valence-electron chi connectivity index (χ4n) is 2.98. The summed E-state index contributed by atoms with van der Waals surface area (Å²) in [4.78, 5) is 13.2. The average molecular weight is 643 g/mol. The molecule has 8 heteroatoms. The molecule has 0 heterocycles. The highest BCUT2D eigenvalue weighted by Crippen LogP contribution is 2.34. The van der Waals surface area contributed by atoms with E-state index in [4.69, 9.17) is 0 Å². The van der Waals surface area contributed by atoms with Gasteiger partial charge in [0.15, 0.2) is 5.78 Å². The highest BCUT2D eigenvalue weighted by atomic mass is 79.9. The summed E-state index contributed by atoms with van der Waals surface area (Å²) in [6.07, 6.45) is 0. The maximum atomic E-state index is 13.2. The Morgan fingerprint density at radius 3 is 2.28 bits per heavy atom. The van der Waals surface area contributed by atoms with Gasteiger partial charge in [0.05, 0.1) is 22.3 Å². The first kappa shape index (κ1) is 26.6. The van der Waals surface area contributed by atoms with Crippen LogP contribution < -0.4 is 22.3 Å². The number of halogens is 3. The maximum absolute atomic E-state index is 13.2. The van der Waals surface area contributed by atoms with Gasteiger partial charge in [-0.05, 0) is 64.4 Å². The number of aromatic hydroxyl groups is 1. The minimum Gasteiger partial charge on any atom is -1.00 e. The van der Waals surface area contributed by atoms with Gasteiger partial charge in [-0.2, -0.15) is 0 Å². The van der Waals surface area contributed by atoms with Gasteiger partial charge in [-0.15, -0.1) is 0 Å². The van der Waals surface area contributed by atoms with Crippen LogP contribution in [0.4, 0.5) is 5.69 Å². The van der Waals surface area contributed by atoms with Crippen LogP contribution in [0.1, 0.15) is 22.8 Å². The predicted molar refractivity (Wildman–Crippen MR) is 136 cm³/mol. The SMILES string of the molecule is CC(SC(Nc1ccccc1)=[N+](C)Cc1ccccc1)C(=O)c1cc(Br)cc(Br)c1O.[Br-]. The second-order valence-electron chi connectivity index (χ2n) is 7.05. The highest BCUT2D eigenvalue weighted by molar-refractivity contribution is 9.11. The van der Waals surface area contributed by atoms with Gasteiger partial charge in [0, 0.05) is 4.47 Å². The fourth-order valence-corrected chi connectivity index (χ4v) is 5.20. The number of carbonyl (C=O) groups is 1. The molecular formula is C24H23Br3N2O2S. The van der Waals surface area contributed by atoms with Crippen molar-refractivity contribution in [1.29, 1.82) is 0 Å². The molecular weight excluding hydrogens is 620 g/mol. The Bertz CT molecular complexity index is 1090. The van der Waals surface area contributed by atoms with Crippen molar-refractivity contribution in [2.75, 3.05) is 12.4 Å². The van der Waals surface area contributed by atoms with E-state index in [0.29, 0.717) is 11.0 Å². The van der Waals surface area contributed by atoms with Gasteiger partial charge in [0.2, 0.25) is 0 Å². The van der Waals surface area contributed by atoms with Gasteiger partial charge in [-0.3, -0.25) is 9.37 Å². The Morgan fingerprint density at radius 1 is 1.06 bits per heavy atom. The molecule has 0 spiro atoms. The third-order valence-electron chi connectivity index (χ3n) is 4.59. The van der Waals surface area contributed by atoms with Crippen molar-refractivity contribution in [3.8, 4) is 5.75 Å². The molecule has 3 rings (SSSR count). The van der Waals surface area contributed by atoms with Crippen LogP contribution >= 0.6 is 43.6 Å². The van der Waals surface area contributed by atoms with Crippen LogP contribution in [-0.2, 0) is 6.54 Å². The van der Waals surface area contributed by atoms with Gasteiger partial charge < -0.3 is 22.1 Å². The molecule has 32 heavy (non-hydrogen) atoms. The number of carbonyl (C=O) groups excluding carboxylic acids is 1. The summed E-state index contributed by atoms with van der Waals surface area (Å²) in [6, 6.07) is 23.4. The molecule has 168 valence electrons. The molecule has 1 unspecified atom stereocenters. The van der Waals surface area contributed by atoms with E-state index in [2.05, 4.69) is 53.9 Å². The second kappa shape index (κ2) is 12.6. The molecule has 2 N–H and O–H groups in total. The van der Waals surface area contributed by atoms with E-state index in [1.165, 1.54) is 17.3 Å². The summed E-state index contributed by atoms with van der Waals surface area (Å²) in [5, 5.41) is 14.3. The van der Waals surface area contributed by atoms with Crippen molar-refractivity contribution in [3.05, 3.63) is 92.9 Å². The molecule has 0 aliphatic rings. The first-order valence-electron chi connectivity index (χ1n) is 9.68. The van der Waals surface area contributed by atoms with Crippen molar-refractivity contribution in [2.45, 2.75) is 18.7 Å². The van der Waals surface area contributed by atoms with E-state index in [9.17, 15) is 9.90 Å². The molecule has 3 aromatic rings. The quantitative estimate of drug-likeness (QED) is 0.187. The number of amidine groups is 1. The second-order valence-corrected chi connectivity index (χ2v) is 10.1. The zero-order valence-electron chi connectivity index (χ0n) is 17.6. The van der Waals surface area contributed by atoms with Gasteiger partial charge >= 0.3 is 5.17 Å². The zero-order valence-corrected chi connectivity index (χ0v) is 23.1. The van der Waals surface area contributed by atoms with E-state index in [1.807, 2.05) is 62.5 Å². The number of hydrogen-bond donors (Lipinski definition) is 2. The van der Waals surface area contributed by atoms with E-state index < -0.39 is 5.25 Å². The Balaban J connectivity index is 0.00000363. The molecule has 0 aliphatic heterocycles. The first-order valence-corrected chi connectivity index (χ1v) is 12.1. The highest BCUT2D eigenvalue weighted by Gasteiger charge is 2.26. The molecule has 0 radical (unpaired) electrons. The molecule has 1 atom stereocenters. The van der Waals surface area contributed by atoms with E-state index in [-0.39, 0.29) is 34.1 Å². The maximum Gasteiger partial charge on any atom is 0.312 e. The first-order chi connectivity index (χ1) is 14.8. The zero-order chi connectivity index (χ0) is 22.4. The van der Waals surface area contributed by atoms with Crippen molar-refractivity contribution in [2.24, 2.45) is 0 Å². The predicted octanol–water partition coefficient (Wildman–Crippen LogP) is 3.54. The lowest BCUT2D eigenvalue weighted by atomic mass is 10.1. The summed E-state index contributed by atoms with van der Waals surface area (Å²) in [7, 11) is 2.00. The number of nitrogens with zero attached hydrogens (tertiary/aromatic N) is 1. The van der Waals surface area contributed by atoms with Crippen LogP contribution in [0.15, 0.2) is 81.7 Å². The third kappa shape index (κ3) is 7.20. The molecule has 0 bridgehead atoms. The number of benzene rings is 3. The number of phenols is 1. The number of rotatable bonds is 6. The van der Waals surface area contributed by atoms with Gasteiger partial charge in [0.1, 0.15) is 18.0 Å². The monoisotopic (exact) mass is 640 g/mol. The molecule has 0 aromatic heterocycles. The van der Waals surface area contributed by atoms with Crippen LogP contribution in [0.3, 0.4) is 0 Å². The van der Waals surface area contributed by atoms with Crippen molar-refractivity contribution in [1.82, 2.24) is 0 Å². The minimum atomic E-state index is -0.420.